The van der Waals surface area contributed by atoms with E-state index in [0.717, 1.165) is 29.5 Å². The van der Waals surface area contributed by atoms with E-state index >= 15 is 0 Å². The second-order valence-electron chi connectivity index (χ2n) is 4.31. The predicted molar refractivity (Wildman–Crippen MR) is 64.7 cm³/mol. The van der Waals surface area contributed by atoms with Crippen LogP contribution in [-0.2, 0) is 0 Å². The van der Waals surface area contributed by atoms with Crippen LogP contribution in [0.2, 0.25) is 0 Å². The second kappa shape index (κ2) is 4.64. The number of rotatable bonds is 2. The molecule has 0 bridgehead atoms. The van der Waals surface area contributed by atoms with Crippen LogP contribution < -0.4 is 0 Å². The Balaban J connectivity index is 2.07. The van der Waals surface area contributed by atoms with Crippen molar-refractivity contribution in [2.75, 3.05) is 20.1 Å². The molecule has 1 aromatic carbocycles. The Hall–Kier alpha value is -0.380. The highest BCUT2D eigenvalue weighted by atomic mass is 79.9. The van der Waals surface area contributed by atoms with E-state index in [0.29, 0.717) is 5.92 Å². The summed E-state index contributed by atoms with van der Waals surface area (Å²) in [6.45, 7) is 2.09. The van der Waals surface area contributed by atoms with E-state index in [1.807, 2.05) is 24.3 Å². The lowest BCUT2D eigenvalue weighted by atomic mass is 9.95. The van der Waals surface area contributed by atoms with Crippen molar-refractivity contribution < 1.29 is 5.11 Å². The average Bonchev–Trinajstić information content (AvgIpc) is 2.65. The van der Waals surface area contributed by atoms with Gasteiger partial charge in [0, 0.05) is 16.9 Å². The second-order valence-corrected chi connectivity index (χ2v) is 5.22. The fourth-order valence-corrected chi connectivity index (χ4v) is 2.42. The van der Waals surface area contributed by atoms with Crippen molar-refractivity contribution in [3.8, 4) is 0 Å². The van der Waals surface area contributed by atoms with Gasteiger partial charge in [-0.15, -0.1) is 0 Å². The molecule has 2 unspecified atom stereocenters. The number of hydrogen-bond donors (Lipinski definition) is 1. The highest BCUT2D eigenvalue weighted by Crippen LogP contribution is 2.29. The molecule has 0 aliphatic carbocycles. The van der Waals surface area contributed by atoms with Gasteiger partial charge in [0.05, 0.1) is 6.10 Å². The molecule has 15 heavy (non-hydrogen) atoms. The standard InChI is InChI=1S/C12H16BrNO/c1-14-7-6-10(8-14)12(15)9-2-4-11(13)5-3-9/h2-5,10,12,15H,6-8H2,1H3. The van der Waals surface area contributed by atoms with Crippen LogP contribution in [0.25, 0.3) is 0 Å². The summed E-state index contributed by atoms with van der Waals surface area (Å²) in [5, 5.41) is 10.2. The molecule has 1 saturated heterocycles. The van der Waals surface area contributed by atoms with Gasteiger partial charge in [0.15, 0.2) is 0 Å². The van der Waals surface area contributed by atoms with Crippen LogP contribution in [0.3, 0.4) is 0 Å². The lowest BCUT2D eigenvalue weighted by Crippen LogP contribution is -2.18. The molecule has 1 fully saturated rings. The first kappa shape index (κ1) is 11.1. The first-order valence-electron chi connectivity index (χ1n) is 5.29. The van der Waals surface area contributed by atoms with Gasteiger partial charge >= 0.3 is 0 Å². The van der Waals surface area contributed by atoms with Gasteiger partial charge in [-0.2, -0.15) is 0 Å². The van der Waals surface area contributed by atoms with E-state index in [1.165, 1.54) is 0 Å². The molecule has 2 rings (SSSR count). The van der Waals surface area contributed by atoms with Gasteiger partial charge in [0.25, 0.3) is 0 Å². The Labute approximate surface area is 99.0 Å². The Morgan fingerprint density at radius 2 is 2.07 bits per heavy atom. The smallest absolute Gasteiger partial charge is 0.0830 e. The maximum absolute atomic E-state index is 10.2. The molecule has 0 amide bonds. The summed E-state index contributed by atoms with van der Waals surface area (Å²) in [7, 11) is 2.11. The molecule has 3 heteroatoms. The maximum atomic E-state index is 10.2. The highest BCUT2D eigenvalue weighted by molar-refractivity contribution is 9.10. The van der Waals surface area contributed by atoms with Crippen LogP contribution in [0.15, 0.2) is 28.7 Å². The van der Waals surface area contributed by atoms with Crippen LogP contribution in [-0.4, -0.2) is 30.1 Å². The van der Waals surface area contributed by atoms with Gasteiger partial charge in [0.2, 0.25) is 0 Å². The minimum absolute atomic E-state index is 0.317. The lowest BCUT2D eigenvalue weighted by molar-refractivity contribution is 0.113. The molecule has 2 atom stereocenters. The van der Waals surface area contributed by atoms with Crippen molar-refractivity contribution in [3.63, 3.8) is 0 Å². The SMILES string of the molecule is CN1CCC(C(O)c2ccc(Br)cc2)C1. The molecule has 1 N–H and O–H groups in total. The van der Waals surface area contributed by atoms with Gasteiger partial charge in [-0.1, -0.05) is 28.1 Å². The largest absolute Gasteiger partial charge is 0.388 e. The van der Waals surface area contributed by atoms with Crippen molar-refractivity contribution in [1.29, 1.82) is 0 Å². The van der Waals surface area contributed by atoms with Gasteiger partial charge in [-0.05, 0) is 37.7 Å². The molecular formula is C12H16BrNO. The first-order valence-corrected chi connectivity index (χ1v) is 6.08. The van der Waals surface area contributed by atoms with E-state index in [9.17, 15) is 5.11 Å². The summed E-state index contributed by atoms with van der Waals surface area (Å²) in [6.07, 6.45) is 0.774. The van der Waals surface area contributed by atoms with Crippen LogP contribution in [0.1, 0.15) is 18.1 Å². The highest BCUT2D eigenvalue weighted by Gasteiger charge is 2.27. The topological polar surface area (TPSA) is 23.5 Å². The fourth-order valence-electron chi connectivity index (χ4n) is 2.16. The number of aliphatic hydroxyl groups is 1. The van der Waals surface area contributed by atoms with Crippen molar-refractivity contribution >= 4 is 15.9 Å². The van der Waals surface area contributed by atoms with Gasteiger partial charge in [-0.3, -0.25) is 0 Å². The maximum Gasteiger partial charge on any atom is 0.0830 e. The number of likely N-dealkylation sites (tertiary alicyclic amines) is 1. The average molecular weight is 270 g/mol. The Morgan fingerprint density at radius 1 is 1.40 bits per heavy atom. The molecule has 1 aliphatic rings. The van der Waals surface area contributed by atoms with Crippen LogP contribution in [0.4, 0.5) is 0 Å². The van der Waals surface area contributed by atoms with Crippen molar-refractivity contribution in [3.05, 3.63) is 34.3 Å². The van der Waals surface area contributed by atoms with E-state index in [4.69, 9.17) is 0 Å². The molecule has 1 heterocycles. The van der Waals surface area contributed by atoms with Gasteiger partial charge in [-0.25, -0.2) is 0 Å². The van der Waals surface area contributed by atoms with Crippen LogP contribution in [0.5, 0.6) is 0 Å². The molecule has 0 saturated carbocycles. The molecule has 82 valence electrons. The van der Waals surface area contributed by atoms with Crippen molar-refractivity contribution in [2.45, 2.75) is 12.5 Å². The summed E-state index contributed by atoms with van der Waals surface area (Å²) >= 11 is 3.40. The molecule has 1 aromatic rings. The van der Waals surface area contributed by atoms with Crippen LogP contribution in [0, 0.1) is 5.92 Å². The van der Waals surface area contributed by atoms with Crippen LogP contribution >= 0.6 is 15.9 Å². The molecule has 2 nitrogen and oxygen atoms in total. The van der Waals surface area contributed by atoms with Gasteiger partial charge < -0.3 is 10.0 Å². The molecule has 0 radical (unpaired) electrons. The Bertz CT molecular complexity index is 325. The normalized spacial score (nSPS) is 24.3. The first-order chi connectivity index (χ1) is 7.16. The number of benzene rings is 1. The zero-order valence-electron chi connectivity index (χ0n) is 8.86. The van der Waals surface area contributed by atoms with E-state index in [1.54, 1.807) is 0 Å². The monoisotopic (exact) mass is 269 g/mol. The predicted octanol–water partition coefficient (Wildman–Crippen LogP) is 2.43. The van der Waals surface area contributed by atoms with E-state index < -0.39 is 0 Å². The lowest BCUT2D eigenvalue weighted by Gasteiger charge is -2.18. The molecule has 0 aromatic heterocycles. The van der Waals surface area contributed by atoms with E-state index in [-0.39, 0.29) is 6.10 Å². The summed E-state index contributed by atoms with van der Waals surface area (Å²) in [5.74, 6) is 0.385. The quantitative estimate of drug-likeness (QED) is 0.892. The van der Waals surface area contributed by atoms with Gasteiger partial charge in [0.1, 0.15) is 0 Å². The third-order valence-electron chi connectivity index (χ3n) is 3.09. The molecular weight excluding hydrogens is 254 g/mol. The fraction of sp³-hybridized carbons (Fsp3) is 0.500. The third-order valence-corrected chi connectivity index (χ3v) is 3.61. The minimum atomic E-state index is -0.317. The molecule has 1 aliphatic heterocycles. The number of hydrogen-bond acceptors (Lipinski definition) is 2. The number of aliphatic hydroxyl groups excluding tert-OH is 1. The summed E-state index contributed by atoms with van der Waals surface area (Å²) in [4.78, 5) is 2.27. The summed E-state index contributed by atoms with van der Waals surface area (Å²) in [6, 6.07) is 7.95. The van der Waals surface area contributed by atoms with Crippen molar-refractivity contribution in [1.82, 2.24) is 4.90 Å². The number of halogens is 1. The zero-order valence-corrected chi connectivity index (χ0v) is 10.4. The minimum Gasteiger partial charge on any atom is -0.388 e. The van der Waals surface area contributed by atoms with Crippen molar-refractivity contribution in [2.24, 2.45) is 5.92 Å². The Morgan fingerprint density at radius 3 is 2.60 bits per heavy atom. The molecule has 0 spiro atoms. The Kier molecular flexibility index (Phi) is 3.44. The zero-order chi connectivity index (χ0) is 10.8. The number of nitrogens with zero attached hydrogens (tertiary/aromatic N) is 1. The summed E-state index contributed by atoms with van der Waals surface area (Å²) < 4.78 is 1.06. The summed E-state index contributed by atoms with van der Waals surface area (Å²) in [5.41, 5.74) is 1.03. The third kappa shape index (κ3) is 2.60. The van der Waals surface area contributed by atoms with E-state index in [2.05, 4.69) is 27.9 Å².